The lowest BCUT2D eigenvalue weighted by atomic mass is 10.2. The van der Waals surface area contributed by atoms with Crippen LogP contribution in [0.1, 0.15) is 29.8 Å². The molecule has 1 aliphatic rings. The molecule has 0 unspecified atom stereocenters. The highest BCUT2D eigenvalue weighted by molar-refractivity contribution is 7.89. The fourth-order valence-electron chi connectivity index (χ4n) is 3.56. The van der Waals surface area contributed by atoms with E-state index in [1.165, 1.54) is 29.6 Å². The first-order chi connectivity index (χ1) is 16.2. The average Bonchev–Trinajstić information content (AvgIpc) is 2.86. The van der Waals surface area contributed by atoms with Gasteiger partial charge in [0.2, 0.25) is 10.0 Å². The molecule has 0 N–H and O–H groups in total. The zero-order chi connectivity index (χ0) is 24.7. The molecule has 9 nitrogen and oxygen atoms in total. The summed E-state index contributed by atoms with van der Waals surface area (Å²) in [5, 5.41) is 0. The largest absolute Gasteiger partial charge is 0.495 e. The first kappa shape index (κ1) is 25.7. The fourth-order valence-corrected chi connectivity index (χ4v) is 5.15. The summed E-state index contributed by atoms with van der Waals surface area (Å²) in [6.07, 6.45) is 0. The van der Waals surface area contributed by atoms with Gasteiger partial charge >= 0.3 is 5.97 Å². The summed E-state index contributed by atoms with van der Waals surface area (Å²) >= 11 is 0. The number of carbonyl (C=O) groups is 2. The van der Waals surface area contributed by atoms with Crippen molar-refractivity contribution >= 4 is 21.9 Å². The monoisotopic (exact) mass is 490 g/mol. The Kier molecular flexibility index (Phi) is 8.65. The summed E-state index contributed by atoms with van der Waals surface area (Å²) in [7, 11) is -2.55. The molecule has 1 fully saturated rings. The predicted molar refractivity (Wildman–Crippen MR) is 125 cm³/mol. The van der Waals surface area contributed by atoms with E-state index >= 15 is 0 Å². The topological polar surface area (TPSA) is 102 Å². The predicted octanol–water partition coefficient (Wildman–Crippen LogP) is 2.31. The summed E-state index contributed by atoms with van der Waals surface area (Å²) < 4.78 is 43.2. The van der Waals surface area contributed by atoms with Gasteiger partial charge in [0.1, 0.15) is 10.6 Å². The molecule has 0 saturated carbocycles. The number of methoxy groups -OCH3 is 1. The maximum atomic E-state index is 13.1. The maximum Gasteiger partial charge on any atom is 0.338 e. The fraction of sp³-hybridized carbons (Fsp3) is 0.417. The summed E-state index contributed by atoms with van der Waals surface area (Å²) in [5.74, 6) is -1.02. The summed E-state index contributed by atoms with van der Waals surface area (Å²) in [4.78, 5) is 26.9. The van der Waals surface area contributed by atoms with E-state index in [1.54, 1.807) is 4.90 Å². The Morgan fingerprint density at radius 2 is 1.76 bits per heavy atom. The van der Waals surface area contributed by atoms with E-state index in [4.69, 9.17) is 14.2 Å². The van der Waals surface area contributed by atoms with Gasteiger partial charge in [0.05, 0.1) is 25.9 Å². The normalized spacial score (nSPS) is 14.6. The van der Waals surface area contributed by atoms with Crippen molar-refractivity contribution in [3.05, 3.63) is 59.7 Å². The van der Waals surface area contributed by atoms with Gasteiger partial charge in [-0.05, 0) is 37.6 Å². The molecule has 0 aromatic heterocycles. The molecule has 2 aromatic carbocycles. The Labute approximate surface area is 200 Å². The minimum atomic E-state index is -3.91. The zero-order valence-electron chi connectivity index (χ0n) is 19.6. The molecule has 1 saturated heterocycles. The third-order valence-electron chi connectivity index (χ3n) is 5.45. The molecule has 10 heteroatoms. The van der Waals surface area contributed by atoms with Crippen LogP contribution in [0.15, 0.2) is 53.4 Å². The first-order valence-corrected chi connectivity index (χ1v) is 12.4. The molecular formula is C24H30N2O7S. The Hall–Kier alpha value is -2.95. The van der Waals surface area contributed by atoms with Crippen LogP contribution in [0.2, 0.25) is 0 Å². The van der Waals surface area contributed by atoms with Gasteiger partial charge in [-0.3, -0.25) is 4.79 Å². The molecule has 3 rings (SSSR count). The summed E-state index contributed by atoms with van der Waals surface area (Å²) in [6, 6.07) is 13.5. The van der Waals surface area contributed by atoms with Crippen LogP contribution in [-0.2, 0) is 30.8 Å². The van der Waals surface area contributed by atoms with Gasteiger partial charge in [0, 0.05) is 25.7 Å². The van der Waals surface area contributed by atoms with E-state index in [0.717, 1.165) is 5.56 Å². The van der Waals surface area contributed by atoms with Crippen molar-refractivity contribution in [2.45, 2.75) is 31.3 Å². The van der Waals surface area contributed by atoms with Crippen LogP contribution in [0, 0.1) is 0 Å². The van der Waals surface area contributed by atoms with Crippen LogP contribution >= 0.6 is 0 Å². The number of benzene rings is 2. The number of hydrogen-bond acceptors (Lipinski definition) is 7. The molecular weight excluding hydrogens is 460 g/mol. The maximum absolute atomic E-state index is 13.1. The lowest BCUT2D eigenvalue weighted by molar-refractivity contribution is -0.136. The highest BCUT2D eigenvalue weighted by Gasteiger charge is 2.30. The molecule has 0 aliphatic carbocycles. The van der Waals surface area contributed by atoms with Crippen LogP contribution in [0.3, 0.4) is 0 Å². The molecule has 0 spiro atoms. The zero-order valence-corrected chi connectivity index (χ0v) is 20.4. The molecule has 1 aliphatic heterocycles. The molecule has 1 heterocycles. The van der Waals surface area contributed by atoms with Gasteiger partial charge in [-0.2, -0.15) is 4.31 Å². The lowest BCUT2D eigenvalue weighted by Gasteiger charge is -2.27. The van der Waals surface area contributed by atoms with Crippen molar-refractivity contribution in [3.8, 4) is 5.75 Å². The Morgan fingerprint density at radius 3 is 2.38 bits per heavy atom. The van der Waals surface area contributed by atoms with Crippen LogP contribution in [-0.4, -0.2) is 75.6 Å². The highest BCUT2D eigenvalue weighted by Crippen LogP contribution is 2.28. The van der Waals surface area contributed by atoms with Crippen LogP contribution in [0.4, 0.5) is 0 Å². The van der Waals surface area contributed by atoms with Gasteiger partial charge in [-0.15, -0.1) is 0 Å². The molecule has 1 amide bonds. The van der Waals surface area contributed by atoms with Crippen molar-refractivity contribution < 1.29 is 32.2 Å². The standard InChI is InChI=1S/C24H30N2O7S/c1-18(2)26(16-19-7-5-4-6-8-19)23(27)17-33-24(28)20-9-10-21(31-3)22(15-20)34(29,30)25-11-13-32-14-12-25/h4-10,15,18H,11-14,16-17H2,1-3H3. The second kappa shape index (κ2) is 11.5. The third kappa shape index (κ3) is 6.13. The average molecular weight is 491 g/mol. The van der Waals surface area contributed by atoms with Gasteiger partial charge in [-0.1, -0.05) is 30.3 Å². The van der Waals surface area contributed by atoms with Crippen molar-refractivity contribution in [1.29, 1.82) is 0 Å². The number of morpholine rings is 1. The number of esters is 1. The second-order valence-electron chi connectivity index (χ2n) is 8.06. The van der Waals surface area contributed by atoms with Gasteiger partial charge in [-0.25, -0.2) is 13.2 Å². The number of carbonyl (C=O) groups excluding carboxylic acids is 2. The SMILES string of the molecule is COc1ccc(C(=O)OCC(=O)N(Cc2ccccc2)C(C)C)cc1S(=O)(=O)N1CCOCC1. The molecule has 2 aromatic rings. The van der Waals surface area contributed by atoms with Gasteiger partial charge in [0.25, 0.3) is 5.91 Å². The number of ether oxygens (including phenoxy) is 3. The van der Waals surface area contributed by atoms with Crippen molar-refractivity contribution in [2.75, 3.05) is 40.0 Å². The van der Waals surface area contributed by atoms with Gasteiger partial charge in [0.15, 0.2) is 6.61 Å². The Bertz CT molecular complexity index is 1100. The minimum absolute atomic E-state index is 0.0135. The van der Waals surface area contributed by atoms with Crippen molar-refractivity contribution in [3.63, 3.8) is 0 Å². The second-order valence-corrected chi connectivity index (χ2v) is 9.97. The first-order valence-electron chi connectivity index (χ1n) is 11.0. The number of sulfonamides is 1. The van der Waals surface area contributed by atoms with Crippen LogP contribution in [0.25, 0.3) is 0 Å². The van der Waals surface area contributed by atoms with E-state index < -0.39 is 22.6 Å². The van der Waals surface area contributed by atoms with E-state index in [0.29, 0.717) is 19.8 Å². The Balaban J connectivity index is 1.73. The van der Waals surface area contributed by atoms with Crippen LogP contribution in [0.5, 0.6) is 5.75 Å². The smallest absolute Gasteiger partial charge is 0.338 e. The molecule has 0 atom stereocenters. The lowest BCUT2D eigenvalue weighted by Crippen LogP contribution is -2.40. The Morgan fingerprint density at radius 1 is 1.09 bits per heavy atom. The van der Waals surface area contributed by atoms with Gasteiger partial charge < -0.3 is 19.1 Å². The number of rotatable bonds is 9. The summed E-state index contributed by atoms with van der Waals surface area (Å²) in [5.41, 5.74) is 0.976. The quantitative estimate of drug-likeness (QED) is 0.497. The van der Waals surface area contributed by atoms with E-state index in [9.17, 15) is 18.0 Å². The molecule has 34 heavy (non-hydrogen) atoms. The van der Waals surface area contributed by atoms with E-state index in [2.05, 4.69) is 0 Å². The highest BCUT2D eigenvalue weighted by atomic mass is 32.2. The number of hydrogen-bond donors (Lipinski definition) is 0. The van der Waals surface area contributed by atoms with Crippen LogP contribution < -0.4 is 4.74 Å². The summed E-state index contributed by atoms with van der Waals surface area (Å²) in [6.45, 7) is 4.70. The molecule has 0 bridgehead atoms. The number of amides is 1. The molecule has 0 radical (unpaired) electrons. The third-order valence-corrected chi connectivity index (χ3v) is 7.37. The van der Waals surface area contributed by atoms with Crippen molar-refractivity contribution in [1.82, 2.24) is 9.21 Å². The van der Waals surface area contributed by atoms with E-state index in [-0.39, 0.29) is 41.2 Å². The molecule has 184 valence electrons. The van der Waals surface area contributed by atoms with E-state index in [1.807, 2.05) is 44.2 Å². The minimum Gasteiger partial charge on any atom is -0.495 e. The number of nitrogens with zero attached hydrogens (tertiary/aromatic N) is 2. The van der Waals surface area contributed by atoms with Crippen molar-refractivity contribution in [2.24, 2.45) is 0 Å².